The predicted octanol–water partition coefficient (Wildman–Crippen LogP) is 3.40. The van der Waals surface area contributed by atoms with E-state index in [1.165, 1.54) is 30.1 Å². The third kappa shape index (κ3) is 5.73. The van der Waals surface area contributed by atoms with Gasteiger partial charge in [-0.2, -0.15) is 18.0 Å². The number of hydrogen-bond acceptors (Lipinski definition) is 8. The van der Waals surface area contributed by atoms with Crippen LogP contribution in [0.25, 0.3) is 10.9 Å². The van der Waals surface area contributed by atoms with Crippen molar-refractivity contribution in [1.82, 2.24) is 19.2 Å². The van der Waals surface area contributed by atoms with E-state index in [1.807, 2.05) is 0 Å². The summed E-state index contributed by atoms with van der Waals surface area (Å²) in [4.78, 5) is 17.8. The molecule has 3 heterocycles. The Labute approximate surface area is 242 Å². The quantitative estimate of drug-likeness (QED) is 0.370. The highest BCUT2D eigenvalue weighted by atomic mass is 35.5. The molecule has 0 unspecified atom stereocenters. The summed E-state index contributed by atoms with van der Waals surface area (Å²) in [7, 11) is -2.68. The summed E-state index contributed by atoms with van der Waals surface area (Å²) in [6, 6.07) is 6.22. The fraction of sp³-hybridized carbons (Fsp3) is 0.423. The molecule has 0 amide bonds. The highest BCUT2D eigenvalue weighted by Crippen LogP contribution is 2.39. The SMILES string of the molecule is CCN(C)S(=O)(=O)Nc1ccc(F)c(Nc2ccc3ncn([C@H]4COC5(CCNCC5)C4)c(=O)c3c2F)c1C#N.Cl. The first kappa shape index (κ1) is 30.6. The van der Waals surface area contributed by atoms with Crippen LogP contribution in [-0.4, -0.2) is 61.2 Å². The zero-order chi connectivity index (χ0) is 28.7. The lowest BCUT2D eigenvalue weighted by atomic mass is 9.88. The smallest absolute Gasteiger partial charge is 0.301 e. The normalized spacial score (nSPS) is 18.3. The molecule has 15 heteroatoms. The van der Waals surface area contributed by atoms with Crippen molar-refractivity contribution >= 4 is 50.6 Å². The molecule has 3 aromatic rings. The number of halogens is 3. The largest absolute Gasteiger partial charge is 0.373 e. The Morgan fingerprint density at radius 3 is 2.63 bits per heavy atom. The summed E-state index contributed by atoms with van der Waals surface area (Å²) in [6.45, 7) is 3.72. The second-order valence-electron chi connectivity index (χ2n) is 9.98. The molecule has 11 nitrogen and oxygen atoms in total. The van der Waals surface area contributed by atoms with E-state index in [0.29, 0.717) is 13.0 Å². The van der Waals surface area contributed by atoms with Gasteiger partial charge in [0, 0.05) is 13.6 Å². The molecule has 0 saturated carbocycles. The van der Waals surface area contributed by atoms with Gasteiger partial charge in [-0.3, -0.25) is 14.1 Å². The van der Waals surface area contributed by atoms with Crippen molar-refractivity contribution in [1.29, 1.82) is 5.26 Å². The van der Waals surface area contributed by atoms with Crippen molar-refractivity contribution in [3.63, 3.8) is 0 Å². The van der Waals surface area contributed by atoms with E-state index in [0.717, 1.165) is 42.4 Å². The lowest BCUT2D eigenvalue weighted by molar-refractivity contribution is -0.0196. The number of fused-ring (bicyclic) bond motifs is 1. The Morgan fingerprint density at radius 1 is 1.24 bits per heavy atom. The number of nitrogens with zero attached hydrogens (tertiary/aromatic N) is 4. The number of nitrogens with one attached hydrogen (secondary N) is 3. The number of piperidine rings is 1. The Morgan fingerprint density at radius 2 is 1.95 bits per heavy atom. The summed E-state index contributed by atoms with van der Waals surface area (Å²) < 4.78 is 66.5. The molecule has 2 aromatic carbocycles. The van der Waals surface area contributed by atoms with Crippen LogP contribution in [0, 0.1) is 23.0 Å². The summed E-state index contributed by atoms with van der Waals surface area (Å²) in [5, 5.41) is 15.3. The molecular weight excluding hydrogens is 580 g/mol. The fourth-order valence-electron chi connectivity index (χ4n) is 5.19. The molecule has 1 aromatic heterocycles. The summed E-state index contributed by atoms with van der Waals surface area (Å²) in [6.07, 6.45) is 3.63. The van der Waals surface area contributed by atoms with Crippen LogP contribution in [0.1, 0.15) is 37.8 Å². The van der Waals surface area contributed by atoms with E-state index in [-0.39, 0.29) is 58.4 Å². The molecule has 2 saturated heterocycles. The topological polar surface area (TPSA) is 141 Å². The van der Waals surface area contributed by atoms with Crippen molar-refractivity contribution in [2.45, 2.75) is 37.8 Å². The number of aromatic nitrogens is 2. The lowest BCUT2D eigenvalue weighted by Gasteiger charge is -2.32. The van der Waals surface area contributed by atoms with Gasteiger partial charge in [0.15, 0.2) is 5.82 Å². The maximum absolute atomic E-state index is 15.8. The standard InChI is InChI=1S/C26H29F2N7O4S.ClH/c1-3-34(2)40(37,38)33-19-5-4-18(27)24(17(19)13-29)32-21-7-6-20-22(23(21)28)25(36)35(15-31-20)16-12-26(39-14-16)8-10-30-11-9-26;/h4-7,15-16,30,32-33H,3,8-12,14H2,1-2H3;1H/t16-;/m1./s1. The minimum Gasteiger partial charge on any atom is -0.373 e. The molecule has 2 fully saturated rings. The molecule has 5 rings (SSSR count). The number of nitriles is 1. The number of hydrogen-bond donors (Lipinski definition) is 3. The predicted molar refractivity (Wildman–Crippen MR) is 153 cm³/mol. The lowest BCUT2D eigenvalue weighted by Crippen LogP contribution is -2.41. The minimum atomic E-state index is -4.02. The van der Waals surface area contributed by atoms with Crippen molar-refractivity contribution in [2.24, 2.45) is 0 Å². The van der Waals surface area contributed by atoms with Gasteiger partial charge in [0.1, 0.15) is 22.8 Å². The van der Waals surface area contributed by atoms with Gasteiger partial charge in [-0.15, -0.1) is 12.4 Å². The van der Waals surface area contributed by atoms with Crippen LogP contribution in [0.2, 0.25) is 0 Å². The maximum atomic E-state index is 15.8. The van der Waals surface area contributed by atoms with E-state index >= 15 is 4.39 Å². The van der Waals surface area contributed by atoms with Crippen LogP contribution in [0.4, 0.5) is 25.8 Å². The van der Waals surface area contributed by atoms with Gasteiger partial charge < -0.3 is 15.4 Å². The van der Waals surface area contributed by atoms with Crippen molar-refractivity contribution < 1.29 is 21.9 Å². The van der Waals surface area contributed by atoms with Crippen molar-refractivity contribution in [2.75, 3.05) is 43.3 Å². The van der Waals surface area contributed by atoms with E-state index in [9.17, 15) is 22.9 Å². The molecule has 0 radical (unpaired) electrons. The monoisotopic (exact) mass is 609 g/mol. The summed E-state index contributed by atoms with van der Waals surface area (Å²) in [5.41, 5.74) is -2.10. The maximum Gasteiger partial charge on any atom is 0.301 e. The third-order valence-electron chi connectivity index (χ3n) is 7.61. The second-order valence-corrected chi connectivity index (χ2v) is 11.8. The fourth-order valence-corrected chi connectivity index (χ4v) is 6.14. The summed E-state index contributed by atoms with van der Waals surface area (Å²) in [5.74, 6) is -1.89. The first-order valence-corrected chi connectivity index (χ1v) is 14.3. The van der Waals surface area contributed by atoms with E-state index in [2.05, 4.69) is 20.3 Å². The van der Waals surface area contributed by atoms with Gasteiger partial charge in [0.05, 0.1) is 47.2 Å². The molecule has 1 atom stereocenters. The highest BCUT2D eigenvalue weighted by molar-refractivity contribution is 7.90. The van der Waals surface area contributed by atoms with Crippen LogP contribution >= 0.6 is 12.4 Å². The van der Waals surface area contributed by atoms with Gasteiger partial charge in [-0.05, 0) is 56.6 Å². The van der Waals surface area contributed by atoms with E-state index < -0.39 is 33.1 Å². The first-order chi connectivity index (χ1) is 19.1. The summed E-state index contributed by atoms with van der Waals surface area (Å²) >= 11 is 0. The molecule has 2 aliphatic heterocycles. The Kier molecular flexibility index (Phi) is 8.86. The van der Waals surface area contributed by atoms with Crippen LogP contribution in [0.15, 0.2) is 35.4 Å². The highest BCUT2D eigenvalue weighted by Gasteiger charge is 2.42. The third-order valence-corrected chi connectivity index (χ3v) is 9.16. The number of rotatable bonds is 7. The molecule has 2 aliphatic rings. The van der Waals surface area contributed by atoms with Gasteiger partial charge in [-0.1, -0.05) is 6.92 Å². The van der Waals surface area contributed by atoms with Crippen LogP contribution < -0.4 is 20.9 Å². The van der Waals surface area contributed by atoms with Crippen molar-refractivity contribution in [3.05, 3.63) is 58.1 Å². The minimum absolute atomic E-state index is 0. The molecule has 0 aliphatic carbocycles. The first-order valence-electron chi connectivity index (χ1n) is 12.9. The number of benzene rings is 2. The average molecular weight is 610 g/mol. The zero-order valence-corrected chi connectivity index (χ0v) is 24.0. The van der Waals surface area contributed by atoms with Gasteiger partial charge in [0.25, 0.3) is 5.56 Å². The molecule has 1 spiro atoms. The van der Waals surface area contributed by atoms with E-state index in [4.69, 9.17) is 4.74 Å². The molecule has 0 bridgehead atoms. The van der Waals surface area contributed by atoms with Crippen LogP contribution in [-0.2, 0) is 14.9 Å². The van der Waals surface area contributed by atoms with Crippen LogP contribution in [0.3, 0.4) is 0 Å². The Hall–Kier alpha value is -3.35. The second kappa shape index (κ2) is 11.9. The van der Waals surface area contributed by atoms with E-state index in [1.54, 1.807) is 13.0 Å². The van der Waals surface area contributed by atoms with Crippen LogP contribution in [0.5, 0.6) is 0 Å². The Balaban J connectivity index is 0.00000387. The van der Waals surface area contributed by atoms with Gasteiger partial charge >= 0.3 is 10.2 Å². The van der Waals surface area contributed by atoms with Crippen molar-refractivity contribution in [3.8, 4) is 6.07 Å². The number of ether oxygens (including phenoxy) is 1. The molecule has 3 N–H and O–H groups in total. The molecule has 220 valence electrons. The van der Waals surface area contributed by atoms with Gasteiger partial charge in [-0.25, -0.2) is 13.8 Å². The zero-order valence-electron chi connectivity index (χ0n) is 22.4. The number of anilines is 3. The van der Waals surface area contributed by atoms with Gasteiger partial charge in [0.2, 0.25) is 0 Å². The Bertz CT molecular complexity index is 1670. The molecular formula is C26H30ClF2N7O4S. The average Bonchev–Trinajstić information content (AvgIpc) is 3.34. The molecule has 41 heavy (non-hydrogen) atoms.